The van der Waals surface area contributed by atoms with E-state index in [1.807, 2.05) is 0 Å². The number of carbonyl (C=O) groups is 2. The Bertz CT molecular complexity index is 1050. The average Bonchev–Trinajstić information content (AvgIpc) is 3.14. The molecule has 0 amide bonds. The number of carbonyl (C=O) groups excluding carboxylic acids is 2. The summed E-state index contributed by atoms with van der Waals surface area (Å²) in [5.74, 6) is -0.870. The lowest BCUT2D eigenvalue weighted by molar-refractivity contribution is -0.161. The fraction of sp³-hybridized carbons (Fsp3) is 0.721. The zero-order valence-corrected chi connectivity index (χ0v) is 34.4. The third-order valence-electron chi connectivity index (χ3n) is 8.39. The first-order valence-corrected chi connectivity index (χ1v) is 22.3. The number of esters is 2. The number of unbranched alkanes of at least 4 members (excludes halogenated alkanes) is 15. The van der Waals surface area contributed by atoms with Crippen LogP contribution in [0.15, 0.2) is 60.8 Å². The monoisotopic (exact) mass is 766 g/mol. The molecule has 0 spiro atoms. The van der Waals surface area contributed by atoms with Gasteiger partial charge in [0, 0.05) is 19.4 Å². The second-order valence-electron chi connectivity index (χ2n) is 13.5. The van der Waals surface area contributed by atoms with Gasteiger partial charge in [0.1, 0.15) is 6.61 Å². The third-order valence-corrected chi connectivity index (χ3v) is 9.37. The highest BCUT2D eigenvalue weighted by Gasteiger charge is 2.25. The molecule has 53 heavy (non-hydrogen) atoms. The van der Waals surface area contributed by atoms with Gasteiger partial charge in [0.25, 0.3) is 0 Å². The van der Waals surface area contributed by atoms with Crippen LogP contribution < -0.4 is 5.73 Å². The summed E-state index contributed by atoms with van der Waals surface area (Å²) in [5, 5.41) is 0. The molecule has 0 aliphatic heterocycles. The summed E-state index contributed by atoms with van der Waals surface area (Å²) in [7, 11) is -4.38. The molecule has 0 aromatic heterocycles. The van der Waals surface area contributed by atoms with E-state index in [1.165, 1.54) is 44.9 Å². The van der Waals surface area contributed by atoms with E-state index in [1.54, 1.807) is 0 Å². The maximum Gasteiger partial charge on any atom is 0.472 e. The van der Waals surface area contributed by atoms with Crippen LogP contribution in [0.3, 0.4) is 0 Å². The van der Waals surface area contributed by atoms with Gasteiger partial charge in [-0.1, -0.05) is 139 Å². The van der Waals surface area contributed by atoms with Gasteiger partial charge in [-0.25, -0.2) is 4.57 Å². The summed E-state index contributed by atoms with van der Waals surface area (Å²) in [6, 6.07) is 0. The maximum atomic E-state index is 12.6. The second-order valence-corrected chi connectivity index (χ2v) is 14.9. The fourth-order valence-electron chi connectivity index (χ4n) is 5.32. The number of nitrogens with two attached hydrogens (primary N) is 1. The molecule has 9 nitrogen and oxygen atoms in total. The smallest absolute Gasteiger partial charge is 0.462 e. The zero-order chi connectivity index (χ0) is 38.9. The Hall–Kier alpha value is -2.29. The van der Waals surface area contributed by atoms with Crippen molar-refractivity contribution in [3.63, 3.8) is 0 Å². The second kappa shape index (κ2) is 39.4. The molecule has 306 valence electrons. The topological polar surface area (TPSA) is 134 Å². The van der Waals surface area contributed by atoms with Crippen molar-refractivity contribution in [1.29, 1.82) is 0 Å². The molecule has 1 unspecified atom stereocenters. The molecule has 2 atom stereocenters. The normalized spacial score (nSPS) is 14.0. The largest absolute Gasteiger partial charge is 0.472 e. The molecule has 3 N–H and O–H groups in total. The fourth-order valence-corrected chi connectivity index (χ4v) is 6.09. The van der Waals surface area contributed by atoms with Crippen molar-refractivity contribution in [3.05, 3.63) is 60.8 Å². The van der Waals surface area contributed by atoms with E-state index in [-0.39, 0.29) is 32.6 Å². The van der Waals surface area contributed by atoms with E-state index in [9.17, 15) is 19.0 Å². The van der Waals surface area contributed by atoms with E-state index in [0.29, 0.717) is 12.8 Å². The van der Waals surface area contributed by atoms with Crippen LogP contribution in [-0.2, 0) is 32.7 Å². The van der Waals surface area contributed by atoms with Crippen molar-refractivity contribution in [2.75, 3.05) is 26.4 Å². The molecule has 0 radical (unpaired) electrons. The summed E-state index contributed by atoms with van der Waals surface area (Å²) in [6.45, 7) is 3.56. The van der Waals surface area contributed by atoms with Crippen molar-refractivity contribution >= 4 is 19.8 Å². The summed E-state index contributed by atoms with van der Waals surface area (Å²) >= 11 is 0. The lowest BCUT2D eigenvalue weighted by Gasteiger charge is -2.19. The number of hydrogen-bond donors (Lipinski definition) is 2. The highest BCUT2D eigenvalue weighted by Crippen LogP contribution is 2.43. The minimum atomic E-state index is -4.38. The molecule has 0 aromatic carbocycles. The Morgan fingerprint density at radius 3 is 1.57 bits per heavy atom. The predicted octanol–water partition coefficient (Wildman–Crippen LogP) is 11.7. The molecule has 0 saturated carbocycles. The summed E-state index contributed by atoms with van der Waals surface area (Å²) < 4.78 is 32.7. The van der Waals surface area contributed by atoms with Gasteiger partial charge in [-0.15, -0.1) is 0 Å². The van der Waals surface area contributed by atoms with Crippen LogP contribution in [0.1, 0.15) is 168 Å². The quantitative estimate of drug-likeness (QED) is 0.0272. The molecule has 0 saturated heterocycles. The van der Waals surface area contributed by atoms with Gasteiger partial charge in [-0.2, -0.15) is 0 Å². The molecule has 0 aliphatic carbocycles. The third kappa shape index (κ3) is 39.2. The Morgan fingerprint density at radius 2 is 1.04 bits per heavy atom. The van der Waals surface area contributed by atoms with Gasteiger partial charge in [-0.05, 0) is 77.0 Å². The van der Waals surface area contributed by atoms with Crippen LogP contribution in [-0.4, -0.2) is 49.3 Å². The number of phosphoric ester groups is 1. The molecule has 0 bridgehead atoms. The number of allylic oxidation sites excluding steroid dienone is 10. The van der Waals surface area contributed by atoms with Crippen molar-refractivity contribution < 1.29 is 37.6 Å². The van der Waals surface area contributed by atoms with Crippen molar-refractivity contribution in [3.8, 4) is 0 Å². The Labute approximate surface area is 323 Å². The lowest BCUT2D eigenvalue weighted by atomic mass is 10.1. The summed E-state index contributed by atoms with van der Waals surface area (Å²) in [6.07, 6.45) is 45.3. The van der Waals surface area contributed by atoms with Crippen LogP contribution in [0.4, 0.5) is 0 Å². The molecule has 0 rings (SSSR count). The van der Waals surface area contributed by atoms with E-state index < -0.39 is 32.5 Å². The molecule has 10 heteroatoms. The molecule has 0 aromatic rings. The molecular formula is C43H76NO8P. The van der Waals surface area contributed by atoms with E-state index in [2.05, 4.69) is 74.6 Å². The Morgan fingerprint density at radius 1 is 0.585 bits per heavy atom. The van der Waals surface area contributed by atoms with Crippen LogP contribution in [0, 0.1) is 0 Å². The predicted molar refractivity (Wildman–Crippen MR) is 219 cm³/mol. The first-order valence-electron chi connectivity index (χ1n) is 20.8. The highest BCUT2D eigenvalue weighted by molar-refractivity contribution is 7.47. The standard InChI is InChI=1S/C43H76NO8P/c1-3-5-7-9-11-13-15-17-19-20-22-23-25-27-29-31-33-35-42(45)49-39-41(40-51-53(47,48)50-38-37-44)52-43(46)36-34-32-30-28-26-24-21-18-16-14-12-10-8-6-4-2/h5,7,11,13,17-19,21-23,41H,3-4,6,8-10,12,14-16,20,24-40,44H2,1-2H3,(H,47,48)/t41-/m1/s1. The number of ether oxygens (including phenoxy) is 2. The van der Waals surface area contributed by atoms with Gasteiger partial charge >= 0.3 is 19.8 Å². The first kappa shape index (κ1) is 50.7. The number of hydrogen-bond acceptors (Lipinski definition) is 8. The van der Waals surface area contributed by atoms with Crippen molar-refractivity contribution in [1.82, 2.24) is 0 Å². The average molecular weight is 766 g/mol. The Balaban J connectivity index is 4.25. The zero-order valence-electron chi connectivity index (χ0n) is 33.5. The minimum absolute atomic E-state index is 0.0460. The van der Waals surface area contributed by atoms with Crippen LogP contribution in [0.5, 0.6) is 0 Å². The van der Waals surface area contributed by atoms with Crippen molar-refractivity contribution in [2.24, 2.45) is 5.73 Å². The Kier molecular flexibility index (Phi) is 37.7. The molecule has 0 fully saturated rings. The van der Waals surface area contributed by atoms with Gasteiger partial charge in [0.2, 0.25) is 0 Å². The van der Waals surface area contributed by atoms with Crippen LogP contribution in [0.25, 0.3) is 0 Å². The number of rotatable bonds is 38. The van der Waals surface area contributed by atoms with Crippen LogP contribution >= 0.6 is 7.82 Å². The van der Waals surface area contributed by atoms with Crippen LogP contribution in [0.2, 0.25) is 0 Å². The molecular weight excluding hydrogens is 689 g/mol. The van der Waals surface area contributed by atoms with Gasteiger partial charge < -0.3 is 20.1 Å². The number of phosphoric acid groups is 1. The van der Waals surface area contributed by atoms with Gasteiger partial charge in [-0.3, -0.25) is 18.6 Å². The SMILES string of the molecule is CCC=CCC=CCC=CCC=CCCCCCCC(=O)OC[C@H](COP(=O)(O)OCCN)OC(=O)CCCCCCCC=CCCCCCCCC. The van der Waals surface area contributed by atoms with E-state index in [4.69, 9.17) is 24.3 Å². The van der Waals surface area contributed by atoms with E-state index in [0.717, 1.165) is 83.5 Å². The summed E-state index contributed by atoms with van der Waals surface area (Å²) in [5.41, 5.74) is 5.34. The van der Waals surface area contributed by atoms with E-state index >= 15 is 0 Å². The van der Waals surface area contributed by atoms with Crippen molar-refractivity contribution in [2.45, 2.75) is 174 Å². The minimum Gasteiger partial charge on any atom is -0.462 e. The summed E-state index contributed by atoms with van der Waals surface area (Å²) in [4.78, 5) is 34.8. The first-order chi connectivity index (χ1) is 25.8. The maximum absolute atomic E-state index is 12.6. The highest BCUT2D eigenvalue weighted by atomic mass is 31.2. The van der Waals surface area contributed by atoms with Gasteiger partial charge in [0.15, 0.2) is 6.10 Å². The molecule has 0 aliphatic rings. The van der Waals surface area contributed by atoms with Gasteiger partial charge in [0.05, 0.1) is 13.2 Å². The lowest BCUT2D eigenvalue weighted by Crippen LogP contribution is -2.29. The molecule has 0 heterocycles.